The third-order valence-electron chi connectivity index (χ3n) is 3.95. The molecule has 140 valence electrons. The van der Waals surface area contributed by atoms with Crippen molar-refractivity contribution in [3.8, 4) is 5.88 Å². The van der Waals surface area contributed by atoms with Crippen molar-refractivity contribution < 1.29 is 31.5 Å². The Morgan fingerprint density at radius 2 is 2.04 bits per heavy atom. The summed E-state index contributed by atoms with van der Waals surface area (Å²) in [7, 11) is 0. The molecule has 10 heteroatoms. The maximum Gasteiger partial charge on any atom is 0.394 e. The fourth-order valence-corrected chi connectivity index (χ4v) is 2.27. The van der Waals surface area contributed by atoms with Gasteiger partial charge in [0.2, 0.25) is 5.88 Å². The number of urea groups is 1. The van der Waals surface area contributed by atoms with Crippen LogP contribution in [0.3, 0.4) is 0 Å². The fraction of sp³-hybridized carbons (Fsp3) is 0.600. The first-order valence-electron chi connectivity index (χ1n) is 7.66. The number of ether oxygens (including phenoxy) is 1. The molecule has 1 aliphatic rings. The van der Waals surface area contributed by atoms with Gasteiger partial charge in [-0.15, -0.1) is 0 Å². The highest BCUT2D eigenvalue weighted by Crippen LogP contribution is 2.59. The van der Waals surface area contributed by atoms with Crippen molar-refractivity contribution in [2.45, 2.75) is 38.4 Å². The summed E-state index contributed by atoms with van der Waals surface area (Å²) < 4.78 is 67.1. The number of aromatic nitrogens is 1. The van der Waals surface area contributed by atoms with E-state index in [1.54, 1.807) is 6.07 Å². The van der Waals surface area contributed by atoms with E-state index in [1.807, 2.05) is 0 Å². The van der Waals surface area contributed by atoms with E-state index in [1.165, 1.54) is 12.3 Å². The second-order valence-corrected chi connectivity index (χ2v) is 5.84. The van der Waals surface area contributed by atoms with E-state index in [0.717, 1.165) is 0 Å². The highest BCUT2D eigenvalue weighted by atomic mass is 19.4. The topological polar surface area (TPSA) is 63.2 Å². The number of alkyl halides is 5. The van der Waals surface area contributed by atoms with Crippen LogP contribution in [0.1, 0.15) is 24.8 Å². The highest BCUT2D eigenvalue weighted by molar-refractivity contribution is 5.73. The molecule has 2 rings (SSSR count). The van der Waals surface area contributed by atoms with Crippen molar-refractivity contribution in [3.05, 3.63) is 23.9 Å². The highest BCUT2D eigenvalue weighted by Gasteiger charge is 2.62. The molecule has 1 saturated carbocycles. The Kier molecular flexibility index (Phi) is 6.02. The zero-order valence-corrected chi connectivity index (χ0v) is 13.2. The molecule has 0 spiro atoms. The molecule has 2 amide bonds. The van der Waals surface area contributed by atoms with Crippen LogP contribution >= 0.6 is 0 Å². The number of rotatable bonds is 8. The van der Waals surface area contributed by atoms with Gasteiger partial charge in [-0.2, -0.15) is 13.2 Å². The predicted molar refractivity (Wildman–Crippen MR) is 78.3 cm³/mol. The van der Waals surface area contributed by atoms with Crippen molar-refractivity contribution >= 4 is 6.03 Å². The molecule has 0 aliphatic heterocycles. The quantitative estimate of drug-likeness (QED) is 0.694. The number of hydrogen-bond acceptors (Lipinski definition) is 3. The first-order valence-corrected chi connectivity index (χ1v) is 7.66. The van der Waals surface area contributed by atoms with E-state index in [9.17, 15) is 26.7 Å². The van der Waals surface area contributed by atoms with Gasteiger partial charge in [-0.05, 0) is 30.9 Å². The van der Waals surface area contributed by atoms with E-state index >= 15 is 0 Å². The van der Waals surface area contributed by atoms with Gasteiger partial charge < -0.3 is 15.4 Å². The minimum absolute atomic E-state index is 0.000797. The molecular weight excluding hydrogens is 349 g/mol. The van der Waals surface area contributed by atoms with E-state index in [0.29, 0.717) is 5.56 Å². The summed E-state index contributed by atoms with van der Waals surface area (Å²) in [6.45, 7) is -0.806. The summed E-state index contributed by atoms with van der Waals surface area (Å²) in [4.78, 5) is 15.4. The number of amides is 2. The minimum atomic E-state index is -4.24. The van der Waals surface area contributed by atoms with Gasteiger partial charge in [-0.1, -0.05) is 0 Å². The van der Waals surface area contributed by atoms with Crippen LogP contribution in [0.5, 0.6) is 5.88 Å². The van der Waals surface area contributed by atoms with Crippen LogP contribution in [0.25, 0.3) is 0 Å². The maximum atomic E-state index is 12.7. The molecule has 1 aromatic rings. The Bertz CT molecular complexity index is 591. The van der Waals surface area contributed by atoms with Gasteiger partial charge in [0.1, 0.15) is 0 Å². The number of halogens is 5. The molecule has 0 atom stereocenters. The van der Waals surface area contributed by atoms with Gasteiger partial charge in [-0.3, -0.25) is 0 Å². The largest absolute Gasteiger partial charge is 0.472 e. The van der Waals surface area contributed by atoms with Gasteiger partial charge in [0, 0.05) is 25.4 Å². The molecule has 0 bridgehead atoms. The molecule has 1 aromatic heterocycles. The smallest absolute Gasteiger partial charge is 0.394 e. The van der Waals surface area contributed by atoms with Crippen LogP contribution in [0, 0.1) is 5.41 Å². The lowest BCUT2D eigenvalue weighted by Gasteiger charge is -2.19. The second-order valence-electron chi connectivity index (χ2n) is 5.84. The summed E-state index contributed by atoms with van der Waals surface area (Å²) in [5.74, 6) is 0.000797. The molecule has 0 radical (unpaired) electrons. The first kappa shape index (κ1) is 19.2. The van der Waals surface area contributed by atoms with Crippen LogP contribution in [-0.2, 0) is 6.54 Å². The fourth-order valence-electron chi connectivity index (χ4n) is 2.27. The molecule has 0 unspecified atom stereocenters. The predicted octanol–water partition coefficient (Wildman–Crippen LogP) is 3.26. The zero-order chi connectivity index (χ0) is 18.5. The monoisotopic (exact) mass is 367 g/mol. The molecule has 1 heterocycles. The van der Waals surface area contributed by atoms with Crippen molar-refractivity contribution in [2.75, 3.05) is 13.2 Å². The van der Waals surface area contributed by atoms with Crippen LogP contribution in [0.2, 0.25) is 0 Å². The average Bonchev–Trinajstić information content (AvgIpc) is 3.32. The van der Waals surface area contributed by atoms with Crippen LogP contribution in [0.15, 0.2) is 18.3 Å². The van der Waals surface area contributed by atoms with Gasteiger partial charge in [0.05, 0.1) is 5.41 Å². The molecule has 25 heavy (non-hydrogen) atoms. The Morgan fingerprint density at radius 3 is 2.64 bits per heavy atom. The summed E-state index contributed by atoms with van der Waals surface area (Å²) in [6, 6.07) is 2.34. The third kappa shape index (κ3) is 5.71. The zero-order valence-electron chi connectivity index (χ0n) is 13.2. The van der Waals surface area contributed by atoms with Crippen molar-refractivity contribution in [2.24, 2.45) is 5.41 Å². The van der Waals surface area contributed by atoms with Gasteiger partial charge in [0.15, 0.2) is 6.61 Å². The number of nitrogens with zero attached hydrogens (tertiary/aromatic N) is 1. The van der Waals surface area contributed by atoms with Crippen molar-refractivity contribution in [1.29, 1.82) is 0 Å². The normalized spacial score (nSPS) is 15.8. The number of carbonyl (C=O) groups excluding carboxylic acids is 1. The number of nitrogens with one attached hydrogen (secondary N) is 2. The SMILES string of the molecule is O=C(NCCC1(C(F)(F)F)CC1)NCc1ccnc(OCC(F)F)c1. The number of pyridine rings is 1. The lowest BCUT2D eigenvalue weighted by Crippen LogP contribution is -2.37. The van der Waals surface area contributed by atoms with Crippen LogP contribution < -0.4 is 15.4 Å². The minimum Gasteiger partial charge on any atom is -0.472 e. The van der Waals surface area contributed by atoms with Crippen molar-refractivity contribution in [1.82, 2.24) is 15.6 Å². The molecule has 2 N–H and O–H groups in total. The lowest BCUT2D eigenvalue weighted by molar-refractivity contribution is -0.188. The molecule has 0 aromatic carbocycles. The summed E-state index contributed by atoms with van der Waals surface area (Å²) in [5, 5.41) is 4.85. The van der Waals surface area contributed by atoms with E-state index in [4.69, 9.17) is 4.74 Å². The van der Waals surface area contributed by atoms with E-state index < -0.39 is 30.7 Å². The molecule has 1 fully saturated rings. The average molecular weight is 367 g/mol. The number of hydrogen-bond donors (Lipinski definition) is 2. The Hall–Kier alpha value is -2.13. The standard InChI is InChI=1S/C15H18F5N3O2/c16-11(17)9-25-12-7-10(1-5-21-12)8-23-13(24)22-6-4-14(2-3-14)15(18,19)20/h1,5,7,11H,2-4,6,8-9H2,(H2,22,23,24). The van der Waals surface area contributed by atoms with Crippen LogP contribution in [0.4, 0.5) is 26.7 Å². The number of carbonyl (C=O) groups is 1. The Morgan fingerprint density at radius 1 is 1.32 bits per heavy atom. The van der Waals surface area contributed by atoms with E-state index in [-0.39, 0.29) is 38.2 Å². The summed E-state index contributed by atoms with van der Waals surface area (Å²) in [5.41, 5.74) is -1.09. The third-order valence-corrected chi connectivity index (χ3v) is 3.95. The molecule has 5 nitrogen and oxygen atoms in total. The van der Waals surface area contributed by atoms with Gasteiger partial charge in [-0.25, -0.2) is 18.6 Å². The lowest BCUT2D eigenvalue weighted by atomic mass is 10.0. The maximum absolute atomic E-state index is 12.7. The second kappa shape index (κ2) is 7.83. The van der Waals surface area contributed by atoms with Gasteiger partial charge >= 0.3 is 12.2 Å². The molecular formula is C15H18F5N3O2. The van der Waals surface area contributed by atoms with E-state index in [2.05, 4.69) is 15.6 Å². The van der Waals surface area contributed by atoms with Crippen LogP contribution in [-0.4, -0.2) is 36.8 Å². The summed E-state index contributed by atoms with van der Waals surface area (Å²) in [6.07, 6.45) is -5.48. The molecule has 0 saturated heterocycles. The van der Waals surface area contributed by atoms with Gasteiger partial charge in [0.25, 0.3) is 6.43 Å². The first-order chi connectivity index (χ1) is 11.7. The Balaban J connectivity index is 1.70. The summed E-state index contributed by atoms with van der Waals surface area (Å²) >= 11 is 0. The Labute approximate surface area is 140 Å². The molecule has 1 aliphatic carbocycles. The van der Waals surface area contributed by atoms with Crippen molar-refractivity contribution in [3.63, 3.8) is 0 Å².